The van der Waals surface area contributed by atoms with Gasteiger partial charge in [0.2, 0.25) is 5.91 Å². The number of hydrogen-bond acceptors (Lipinski definition) is 5. The van der Waals surface area contributed by atoms with Crippen LogP contribution in [-0.4, -0.2) is 32.2 Å². The largest absolute Gasteiger partial charge is 0.493 e. The number of carbonyl (C=O) groups excluding carboxylic acids is 2. The summed E-state index contributed by atoms with van der Waals surface area (Å²) in [4.78, 5) is 23.1. The van der Waals surface area contributed by atoms with E-state index in [9.17, 15) is 9.59 Å². The van der Waals surface area contributed by atoms with Crippen LogP contribution in [0.4, 0.5) is 5.69 Å². The van der Waals surface area contributed by atoms with Crippen LogP contribution in [0.3, 0.4) is 0 Å². The normalized spacial score (nSPS) is 10.5. The summed E-state index contributed by atoms with van der Waals surface area (Å²) in [6.45, 7) is 1.42. The van der Waals surface area contributed by atoms with Crippen LogP contribution in [0, 0.1) is 0 Å². The van der Waals surface area contributed by atoms with Crippen molar-refractivity contribution in [3.05, 3.63) is 52.0 Å². The zero-order valence-corrected chi connectivity index (χ0v) is 16.1. The smallest absolute Gasteiger partial charge is 0.271 e. The van der Waals surface area contributed by atoms with Crippen molar-refractivity contribution in [3.8, 4) is 11.5 Å². The van der Waals surface area contributed by atoms with Gasteiger partial charge in [0.15, 0.2) is 11.5 Å². The van der Waals surface area contributed by atoms with E-state index in [2.05, 4.69) is 31.8 Å². The summed E-state index contributed by atoms with van der Waals surface area (Å²) < 4.78 is 11.2. The van der Waals surface area contributed by atoms with Crippen molar-refractivity contribution in [1.82, 2.24) is 5.43 Å². The number of methoxy groups -OCH3 is 2. The van der Waals surface area contributed by atoms with Crippen LogP contribution in [0.25, 0.3) is 0 Å². The number of carbonyl (C=O) groups is 2. The van der Waals surface area contributed by atoms with Gasteiger partial charge in [0.05, 0.1) is 24.9 Å². The van der Waals surface area contributed by atoms with Crippen molar-refractivity contribution in [2.45, 2.75) is 6.92 Å². The second kappa shape index (κ2) is 9.00. The van der Waals surface area contributed by atoms with E-state index in [-0.39, 0.29) is 11.8 Å². The Morgan fingerprint density at radius 1 is 1.12 bits per heavy atom. The Morgan fingerprint density at radius 3 is 2.38 bits per heavy atom. The summed E-state index contributed by atoms with van der Waals surface area (Å²) in [7, 11) is 3.09. The van der Waals surface area contributed by atoms with Crippen molar-refractivity contribution in [2.75, 3.05) is 19.5 Å². The Morgan fingerprint density at radius 2 is 1.81 bits per heavy atom. The first kappa shape index (κ1) is 19.5. The fourth-order valence-corrected chi connectivity index (χ4v) is 2.77. The first-order valence-corrected chi connectivity index (χ1v) is 8.36. The Hall–Kier alpha value is -2.87. The lowest BCUT2D eigenvalue weighted by Crippen LogP contribution is -2.17. The Labute approximate surface area is 159 Å². The molecule has 0 bridgehead atoms. The van der Waals surface area contributed by atoms with E-state index in [0.717, 1.165) is 5.56 Å². The van der Waals surface area contributed by atoms with Gasteiger partial charge in [0.1, 0.15) is 0 Å². The third kappa shape index (κ3) is 5.06. The number of halogens is 1. The van der Waals surface area contributed by atoms with Gasteiger partial charge in [0.25, 0.3) is 5.91 Å². The lowest BCUT2D eigenvalue weighted by molar-refractivity contribution is -0.114. The molecule has 0 atom stereocenters. The van der Waals surface area contributed by atoms with Crippen LogP contribution in [0.5, 0.6) is 11.5 Å². The third-order valence-corrected chi connectivity index (χ3v) is 3.89. The van der Waals surface area contributed by atoms with E-state index in [0.29, 0.717) is 27.2 Å². The molecule has 0 fully saturated rings. The van der Waals surface area contributed by atoms with Crippen molar-refractivity contribution >= 4 is 39.6 Å². The standard InChI is InChI=1S/C18H18BrN3O4/c1-11(23)21-14-6-4-13(5-7-14)18(24)22-20-10-12-8-15(19)17(26-3)16(9-12)25-2/h4-10H,1-3H3,(H,21,23)(H,22,24)/b20-10-. The average Bonchev–Trinajstić information content (AvgIpc) is 2.61. The van der Waals surface area contributed by atoms with Crippen LogP contribution >= 0.6 is 15.9 Å². The fourth-order valence-electron chi connectivity index (χ4n) is 2.15. The van der Waals surface area contributed by atoms with Crippen LogP contribution in [0.1, 0.15) is 22.8 Å². The average molecular weight is 420 g/mol. The van der Waals surface area contributed by atoms with E-state index < -0.39 is 0 Å². The molecule has 136 valence electrons. The highest BCUT2D eigenvalue weighted by atomic mass is 79.9. The Kier molecular flexibility index (Phi) is 6.74. The molecule has 0 radical (unpaired) electrons. The van der Waals surface area contributed by atoms with Crippen LogP contribution < -0.4 is 20.2 Å². The van der Waals surface area contributed by atoms with Gasteiger partial charge < -0.3 is 14.8 Å². The first-order valence-electron chi connectivity index (χ1n) is 7.57. The van der Waals surface area contributed by atoms with Gasteiger partial charge in [-0.3, -0.25) is 9.59 Å². The predicted octanol–water partition coefficient (Wildman–Crippen LogP) is 3.19. The summed E-state index contributed by atoms with van der Waals surface area (Å²) >= 11 is 3.40. The second-order valence-electron chi connectivity index (χ2n) is 5.20. The summed E-state index contributed by atoms with van der Waals surface area (Å²) in [5, 5.41) is 6.58. The number of ether oxygens (including phenoxy) is 2. The van der Waals surface area contributed by atoms with E-state index in [1.54, 1.807) is 43.5 Å². The minimum Gasteiger partial charge on any atom is -0.493 e. The zero-order chi connectivity index (χ0) is 19.1. The number of nitrogens with zero attached hydrogens (tertiary/aromatic N) is 1. The van der Waals surface area contributed by atoms with Gasteiger partial charge in [-0.1, -0.05) is 0 Å². The molecule has 0 aliphatic heterocycles. The van der Waals surface area contributed by atoms with Crippen molar-refractivity contribution < 1.29 is 19.1 Å². The molecule has 8 heteroatoms. The van der Waals surface area contributed by atoms with E-state index in [1.807, 2.05) is 0 Å². The number of nitrogens with one attached hydrogen (secondary N) is 2. The fraction of sp³-hybridized carbons (Fsp3) is 0.167. The van der Waals surface area contributed by atoms with Crippen LogP contribution in [0.2, 0.25) is 0 Å². The SMILES string of the molecule is COc1cc(/C=N\NC(=O)c2ccc(NC(C)=O)cc2)cc(Br)c1OC. The maximum Gasteiger partial charge on any atom is 0.271 e. The quantitative estimate of drug-likeness (QED) is 0.555. The molecule has 0 aliphatic carbocycles. The summed E-state index contributed by atoms with van der Waals surface area (Å²) in [5.41, 5.74) is 4.21. The molecule has 7 nitrogen and oxygen atoms in total. The minimum absolute atomic E-state index is 0.173. The van der Waals surface area contributed by atoms with E-state index in [4.69, 9.17) is 9.47 Å². The summed E-state index contributed by atoms with van der Waals surface area (Å²) in [6.07, 6.45) is 1.50. The monoisotopic (exact) mass is 419 g/mol. The van der Waals surface area contributed by atoms with Crippen LogP contribution in [-0.2, 0) is 4.79 Å². The molecule has 0 spiro atoms. The molecule has 2 amide bonds. The topological polar surface area (TPSA) is 89.0 Å². The van der Waals surface area contributed by atoms with Gasteiger partial charge in [-0.15, -0.1) is 0 Å². The lowest BCUT2D eigenvalue weighted by atomic mass is 10.2. The second-order valence-corrected chi connectivity index (χ2v) is 6.05. The van der Waals surface area contributed by atoms with Crippen LogP contribution in [0.15, 0.2) is 46.0 Å². The molecule has 0 unspecified atom stereocenters. The molecule has 2 N–H and O–H groups in total. The van der Waals surface area contributed by atoms with Gasteiger partial charge >= 0.3 is 0 Å². The third-order valence-electron chi connectivity index (χ3n) is 3.30. The highest BCUT2D eigenvalue weighted by molar-refractivity contribution is 9.10. The number of hydrazone groups is 1. The lowest BCUT2D eigenvalue weighted by Gasteiger charge is -2.10. The van der Waals surface area contributed by atoms with Gasteiger partial charge in [-0.25, -0.2) is 5.43 Å². The number of hydrogen-bond donors (Lipinski definition) is 2. The number of amides is 2. The molecular formula is C18H18BrN3O4. The van der Waals surface area contributed by atoms with Gasteiger partial charge in [-0.2, -0.15) is 5.10 Å². The predicted molar refractivity (Wildman–Crippen MR) is 103 cm³/mol. The molecule has 2 rings (SSSR count). The highest BCUT2D eigenvalue weighted by Gasteiger charge is 2.10. The Bertz CT molecular complexity index is 835. The molecule has 0 saturated carbocycles. The number of benzene rings is 2. The maximum atomic E-state index is 12.1. The minimum atomic E-state index is -0.366. The zero-order valence-electron chi connectivity index (χ0n) is 14.5. The first-order chi connectivity index (χ1) is 12.4. The van der Waals surface area contributed by atoms with Crippen molar-refractivity contribution in [2.24, 2.45) is 5.10 Å². The molecule has 0 aliphatic rings. The maximum absolute atomic E-state index is 12.1. The summed E-state index contributed by atoms with van der Waals surface area (Å²) in [5.74, 6) is 0.583. The summed E-state index contributed by atoms with van der Waals surface area (Å²) in [6, 6.07) is 10.0. The molecule has 0 saturated heterocycles. The molecule has 0 heterocycles. The Balaban J connectivity index is 2.05. The van der Waals surface area contributed by atoms with Gasteiger partial charge in [-0.05, 0) is 57.9 Å². The highest BCUT2D eigenvalue weighted by Crippen LogP contribution is 2.35. The number of anilines is 1. The molecule has 2 aromatic carbocycles. The van der Waals surface area contributed by atoms with Gasteiger partial charge in [0, 0.05) is 18.2 Å². The van der Waals surface area contributed by atoms with E-state index in [1.165, 1.54) is 20.2 Å². The molecule has 26 heavy (non-hydrogen) atoms. The molecule has 2 aromatic rings. The van der Waals surface area contributed by atoms with Crippen molar-refractivity contribution in [1.29, 1.82) is 0 Å². The van der Waals surface area contributed by atoms with Crippen molar-refractivity contribution in [3.63, 3.8) is 0 Å². The number of rotatable bonds is 6. The van der Waals surface area contributed by atoms with E-state index >= 15 is 0 Å². The molecule has 0 aromatic heterocycles. The molecular weight excluding hydrogens is 402 g/mol.